The van der Waals surface area contributed by atoms with Gasteiger partial charge in [0.05, 0.1) is 7.05 Å². The van der Waals surface area contributed by atoms with Crippen molar-refractivity contribution in [1.82, 2.24) is 4.98 Å². The van der Waals surface area contributed by atoms with Gasteiger partial charge in [-0.15, -0.1) is 11.3 Å². The first-order valence-corrected chi connectivity index (χ1v) is 10.6. The molecule has 0 N–H and O–H groups in total. The van der Waals surface area contributed by atoms with Crippen LogP contribution in [0.15, 0.2) is 30.6 Å². The van der Waals surface area contributed by atoms with Crippen molar-refractivity contribution in [1.29, 1.82) is 0 Å². The quantitative estimate of drug-likeness (QED) is 0.378. The molecule has 0 saturated heterocycles. The third-order valence-electron chi connectivity index (χ3n) is 5.48. The Balaban J connectivity index is 2.12. The van der Waals surface area contributed by atoms with Gasteiger partial charge in [0.15, 0.2) is 5.69 Å². The lowest BCUT2D eigenvalue weighted by Gasteiger charge is -2.11. The van der Waals surface area contributed by atoms with Gasteiger partial charge in [-0.05, 0) is 67.4 Å². The molecule has 0 bridgehead atoms. The third-order valence-corrected chi connectivity index (χ3v) is 6.75. The van der Waals surface area contributed by atoms with Crippen molar-refractivity contribution in [2.75, 3.05) is 0 Å². The third kappa shape index (κ3) is 3.00. The number of hydrogen-bond acceptors (Lipinski definition) is 2. The lowest BCUT2D eigenvalue weighted by atomic mass is 9.97. The van der Waals surface area contributed by atoms with E-state index >= 15 is 0 Å². The number of fused-ring (bicyclic) bond motifs is 3. The van der Waals surface area contributed by atoms with E-state index in [4.69, 9.17) is 4.98 Å². The fraction of sp³-hybridized carbons (Fsp3) is 0.333. The van der Waals surface area contributed by atoms with Crippen LogP contribution in [-0.4, -0.2) is 4.98 Å². The second-order valence-electron chi connectivity index (χ2n) is 8.24. The van der Waals surface area contributed by atoms with E-state index in [1.54, 1.807) is 17.4 Å². The zero-order chi connectivity index (χ0) is 20.2. The number of aromatic nitrogens is 2. The van der Waals surface area contributed by atoms with Crippen LogP contribution in [-0.2, 0) is 13.5 Å². The monoisotopic (exact) mass is 393 g/mol. The fourth-order valence-corrected chi connectivity index (χ4v) is 5.42. The van der Waals surface area contributed by atoms with Crippen LogP contribution in [0.5, 0.6) is 0 Å². The van der Waals surface area contributed by atoms with Gasteiger partial charge >= 0.3 is 0 Å². The molecule has 2 aromatic heterocycles. The van der Waals surface area contributed by atoms with E-state index in [9.17, 15) is 4.39 Å². The molecule has 0 spiro atoms. The SMILES string of the molecule is Cc1cc(C)c(C)c(-c2c3sc4c(CC(C)C)c(F)ccc4c3nc[n+]2C)c1. The van der Waals surface area contributed by atoms with Gasteiger partial charge in [0, 0.05) is 21.2 Å². The predicted molar refractivity (Wildman–Crippen MR) is 116 cm³/mol. The van der Waals surface area contributed by atoms with Crippen LogP contribution in [0.4, 0.5) is 4.39 Å². The molecule has 0 radical (unpaired) electrons. The zero-order valence-corrected chi connectivity index (χ0v) is 18.2. The van der Waals surface area contributed by atoms with Gasteiger partial charge in [-0.25, -0.2) is 8.96 Å². The standard InChI is InChI=1S/C24H26FN2S/c1-13(2)9-19-20(25)8-7-17-21-24(28-23(17)19)22(27(6)12-26-21)18-11-14(3)10-15(4)16(18)5/h7-8,10-13H,9H2,1-6H3/q+1. The average Bonchev–Trinajstić information content (AvgIpc) is 2.99. The molecule has 0 fully saturated rings. The Labute approximate surface area is 169 Å². The minimum absolute atomic E-state index is 0.110. The zero-order valence-electron chi connectivity index (χ0n) is 17.4. The van der Waals surface area contributed by atoms with E-state index in [1.165, 1.54) is 22.3 Å². The maximum Gasteiger partial charge on any atom is 0.287 e. The molecule has 0 aliphatic rings. The molecule has 2 nitrogen and oxygen atoms in total. The van der Waals surface area contributed by atoms with E-state index in [0.717, 1.165) is 38.0 Å². The van der Waals surface area contributed by atoms with E-state index in [1.807, 2.05) is 19.4 Å². The summed E-state index contributed by atoms with van der Waals surface area (Å²) in [5.41, 5.74) is 7.98. The van der Waals surface area contributed by atoms with Crippen molar-refractivity contribution in [2.24, 2.45) is 13.0 Å². The molecule has 0 aliphatic carbocycles. The summed E-state index contributed by atoms with van der Waals surface area (Å²) in [6, 6.07) is 7.95. The lowest BCUT2D eigenvalue weighted by Crippen LogP contribution is -2.31. The van der Waals surface area contributed by atoms with E-state index < -0.39 is 0 Å². The molecule has 0 saturated carbocycles. The summed E-state index contributed by atoms with van der Waals surface area (Å²) in [6.07, 6.45) is 2.62. The Morgan fingerprint density at radius 3 is 2.57 bits per heavy atom. The molecule has 0 atom stereocenters. The van der Waals surface area contributed by atoms with Crippen molar-refractivity contribution in [3.05, 3.63) is 58.7 Å². The maximum absolute atomic E-state index is 14.7. The Morgan fingerprint density at radius 1 is 1.11 bits per heavy atom. The lowest BCUT2D eigenvalue weighted by molar-refractivity contribution is -0.662. The summed E-state index contributed by atoms with van der Waals surface area (Å²) in [6.45, 7) is 10.7. The Kier molecular flexibility index (Phi) is 4.70. The highest BCUT2D eigenvalue weighted by Gasteiger charge is 2.24. The summed E-state index contributed by atoms with van der Waals surface area (Å²) in [7, 11) is 2.04. The smallest absolute Gasteiger partial charge is 0.231 e. The van der Waals surface area contributed by atoms with Crippen LogP contribution in [0.2, 0.25) is 0 Å². The molecule has 28 heavy (non-hydrogen) atoms. The molecule has 4 aromatic rings. The van der Waals surface area contributed by atoms with Gasteiger partial charge in [0.25, 0.3) is 6.33 Å². The number of nitrogens with zero attached hydrogens (tertiary/aromatic N) is 2. The van der Waals surface area contributed by atoms with Crippen molar-refractivity contribution < 1.29 is 8.96 Å². The largest absolute Gasteiger partial charge is 0.287 e. The average molecular weight is 394 g/mol. The predicted octanol–water partition coefficient (Wildman–Crippen LogP) is 6.20. The first kappa shape index (κ1) is 19.0. The van der Waals surface area contributed by atoms with Crippen molar-refractivity contribution in [3.63, 3.8) is 0 Å². The van der Waals surface area contributed by atoms with Crippen LogP contribution < -0.4 is 4.57 Å². The van der Waals surface area contributed by atoms with Crippen LogP contribution in [0.3, 0.4) is 0 Å². The normalized spacial score (nSPS) is 11.9. The van der Waals surface area contributed by atoms with E-state index in [2.05, 4.69) is 51.3 Å². The molecular weight excluding hydrogens is 367 g/mol. The highest BCUT2D eigenvalue weighted by Crippen LogP contribution is 2.41. The molecule has 2 heterocycles. The van der Waals surface area contributed by atoms with Gasteiger partial charge in [-0.2, -0.15) is 0 Å². The van der Waals surface area contributed by atoms with Crippen LogP contribution >= 0.6 is 11.3 Å². The molecule has 4 rings (SSSR count). The highest BCUT2D eigenvalue weighted by molar-refractivity contribution is 7.26. The second-order valence-corrected chi connectivity index (χ2v) is 9.26. The fourth-order valence-electron chi connectivity index (χ4n) is 4.03. The van der Waals surface area contributed by atoms with Gasteiger partial charge in [-0.3, -0.25) is 0 Å². The van der Waals surface area contributed by atoms with Crippen molar-refractivity contribution in [2.45, 2.75) is 41.0 Å². The van der Waals surface area contributed by atoms with Crippen LogP contribution in [0.1, 0.15) is 36.1 Å². The highest BCUT2D eigenvalue weighted by atomic mass is 32.1. The molecule has 4 heteroatoms. The Hall–Kier alpha value is -2.33. The summed E-state index contributed by atoms with van der Waals surface area (Å²) in [4.78, 5) is 4.73. The summed E-state index contributed by atoms with van der Waals surface area (Å²) in [5.74, 6) is 0.289. The second kappa shape index (κ2) is 6.93. The first-order chi connectivity index (χ1) is 13.3. The number of halogens is 1. The van der Waals surface area contributed by atoms with Crippen LogP contribution in [0.25, 0.3) is 31.6 Å². The number of rotatable bonds is 3. The Morgan fingerprint density at radius 2 is 1.86 bits per heavy atom. The van der Waals surface area contributed by atoms with Gasteiger partial charge in [0.1, 0.15) is 10.5 Å². The van der Waals surface area contributed by atoms with Gasteiger partial charge < -0.3 is 0 Å². The maximum atomic E-state index is 14.7. The summed E-state index contributed by atoms with van der Waals surface area (Å²) < 4.78 is 18.9. The van der Waals surface area contributed by atoms with E-state index in [0.29, 0.717) is 5.92 Å². The first-order valence-electron chi connectivity index (χ1n) is 9.74. The van der Waals surface area contributed by atoms with Gasteiger partial charge in [-0.1, -0.05) is 25.5 Å². The van der Waals surface area contributed by atoms with E-state index in [-0.39, 0.29) is 5.82 Å². The molecule has 2 aromatic carbocycles. The van der Waals surface area contributed by atoms with Gasteiger partial charge in [0.2, 0.25) is 5.52 Å². The van der Waals surface area contributed by atoms with Crippen molar-refractivity contribution in [3.8, 4) is 11.3 Å². The number of thiophene rings is 1. The summed E-state index contributed by atoms with van der Waals surface area (Å²) >= 11 is 1.68. The molecule has 144 valence electrons. The summed E-state index contributed by atoms with van der Waals surface area (Å²) in [5, 5.41) is 1.06. The van der Waals surface area contributed by atoms with Crippen LogP contribution in [0, 0.1) is 32.5 Å². The minimum Gasteiger partial charge on any atom is -0.231 e. The van der Waals surface area contributed by atoms with Crippen molar-refractivity contribution >= 4 is 31.6 Å². The Bertz CT molecular complexity index is 1220. The molecular formula is C24H26FN2S+. The number of benzene rings is 2. The molecule has 0 unspecified atom stereocenters. The number of hydrogen-bond donors (Lipinski definition) is 0. The molecule has 0 aliphatic heterocycles. The minimum atomic E-state index is -0.110. The number of aryl methyl sites for hydroxylation is 3. The molecule has 0 amide bonds. The topological polar surface area (TPSA) is 16.8 Å².